The molecule has 56 heavy (non-hydrogen) atoms. The molecule has 5 N–H and O–H groups in total. The Morgan fingerprint density at radius 3 is 1.59 bits per heavy atom. The quantitative estimate of drug-likeness (QED) is 0.0173. The van der Waals surface area contributed by atoms with Crippen LogP contribution in [0.1, 0.15) is 175 Å². The molecular formula is C44H79O11P. The van der Waals surface area contributed by atoms with Crippen molar-refractivity contribution in [2.24, 2.45) is 5.92 Å². The number of carbonyl (C=O) groups is 2. The molecule has 4 atom stereocenters. The number of phosphoric acid groups is 1. The van der Waals surface area contributed by atoms with E-state index in [-0.39, 0.29) is 25.7 Å². The average molecular weight is 815 g/mol. The van der Waals surface area contributed by atoms with Gasteiger partial charge in [-0.15, -0.1) is 0 Å². The Balaban J connectivity index is 4.21. The number of allylic oxidation sites excluding steroid dienone is 6. The molecule has 0 unspecified atom stereocenters. The summed E-state index contributed by atoms with van der Waals surface area (Å²) in [6, 6.07) is 0. The second-order valence-electron chi connectivity index (χ2n) is 15.4. The molecule has 11 nitrogen and oxygen atoms in total. The van der Waals surface area contributed by atoms with Crippen LogP contribution in [0.2, 0.25) is 0 Å². The lowest BCUT2D eigenvalue weighted by atomic mass is 10.0. The van der Waals surface area contributed by atoms with Gasteiger partial charge >= 0.3 is 19.8 Å². The van der Waals surface area contributed by atoms with E-state index in [0.29, 0.717) is 6.42 Å². The maximum absolute atomic E-state index is 12.4. The fraction of sp³-hybridized carbons (Fsp3) is 0.773. The standard InChI is InChI=1S/C44H79O11P/c1-4-5-23-30-39(45)31-25-20-17-18-21-26-32-41(46)42(47)33-28-35-44(49)55-40(37-54-56(50,51)52)36-53-43(48)34-27-22-16-14-12-10-8-6-7-9-11-13-15-19-24-29-38(2)3/h17-18,20-21,25-26,31-32,38-42,45-47H,4-16,19,22-24,27-30,33-37H2,1-3H3,(H2,50,51,52)/b20-17-,21-18+,31-25+,32-26+/t39-,40+,41-,42-/m0/s1. The topological polar surface area (TPSA) is 180 Å². The van der Waals surface area contributed by atoms with Crippen molar-refractivity contribution in [3.63, 3.8) is 0 Å². The highest BCUT2D eigenvalue weighted by molar-refractivity contribution is 7.46. The van der Waals surface area contributed by atoms with Crippen LogP contribution in [0.5, 0.6) is 0 Å². The molecule has 0 aliphatic heterocycles. The number of rotatable bonds is 38. The predicted molar refractivity (Wildman–Crippen MR) is 225 cm³/mol. The SMILES string of the molecule is CCCCC[C@H](O)/C=C/C=C\C=C\C=C\[C@H](O)[C@@H](O)CCCC(=O)O[C@H](COC(=O)CCCCCCCCCCCCCCCCCC(C)C)COP(=O)(O)O. The van der Waals surface area contributed by atoms with Gasteiger partial charge in [0.25, 0.3) is 0 Å². The van der Waals surface area contributed by atoms with Crippen molar-refractivity contribution in [1.29, 1.82) is 0 Å². The van der Waals surface area contributed by atoms with Crippen LogP contribution in [0.4, 0.5) is 0 Å². The van der Waals surface area contributed by atoms with Crippen LogP contribution >= 0.6 is 7.82 Å². The maximum Gasteiger partial charge on any atom is 0.469 e. The van der Waals surface area contributed by atoms with Crippen LogP contribution in [0.15, 0.2) is 48.6 Å². The van der Waals surface area contributed by atoms with E-state index in [1.165, 1.54) is 83.1 Å². The summed E-state index contributed by atoms with van der Waals surface area (Å²) >= 11 is 0. The summed E-state index contributed by atoms with van der Waals surface area (Å²) in [6.07, 6.45) is 33.5. The molecule has 0 aromatic carbocycles. The largest absolute Gasteiger partial charge is 0.469 e. The number of esters is 2. The minimum Gasteiger partial charge on any atom is -0.462 e. The van der Waals surface area contributed by atoms with Crippen molar-refractivity contribution >= 4 is 19.8 Å². The lowest BCUT2D eigenvalue weighted by Crippen LogP contribution is -2.29. The van der Waals surface area contributed by atoms with Crippen molar-refractivity contribution in [1.82, 2.24) is 0 Å². The number of ether oxygens (including phenoxy) is 2. The normalized spacial score (nSPS) is 14.7. The van der Waals surface area contributed by atoms with Crippen LogP contribution in [0, 0.1) is 5.92 Å². The van der Waals surface area contributed by atoms with Crippen LogP contribution in [-0.4, -0.2) is 74.7 Å². The van der Waals surface area contributed by atoms with Crippen LogP contribution in [0.25, 0.3) is 0 Å². The Kier molecular flexibility index (Phi) is 35.8. The smallest absolute Gasteiger partial charge is 0.462 e. The molecule has 0 rings (SSSR count). The first-order valence-corrected chi connectivity index (χ1v) is 23.1. The molecule has 0 radical (unpaired) electrons. The first-order chi connectivity index (χ1) is 26.8. The summed E-state index contributed by atoms with van der Waals surface area (Å²) in [6.45, 7) is 5.64. The zero-order chi connectivity index (χ0) is 41.7. The number of carbonyl (C=O) groups excluding carboxylic acids is 2. The molecule has 0 aliphatic rings. The molecule has 0 bridgehead atoms. The van der Waals surface area contributed by atoms with Gasteiger partial charge in [0, 0.05) is 12.8 Å². The second kappa shape index (κ2) is 37.2. The molecule has 0 fully saturated rings. The number of aliphatic hydroxyl groups is 3. The molecule has 0 spiro atoms. The number of hydrogen-bond acceptors (Lipinski definition) is 9. The average Bonchev–Trinajstić information content (AvgIpc) is 3.14. The van der Waals surface area contributed by atoms with E-state index in [1.54, 1.807) is 42.5 Å². The minimum absolute atomic E-state index is 0.0905. The monoisotopic (exact) mass is 815 g/mol. The Bertz CT molecular complexity index is 1110. The van der Waals surface area contributed by atoms with Gasteiger partial charge in [0.05, 0.1) is 24.9 Å². The maximum atomic E-state index is 12.4. The van der Waals surface area contributed by atoms with E-state index in [2.05, 4.69) is 25.3 Å². The molecule has 0 amide bonds. The summed E-state index contributed by atoms with van der Waals surface area (Å²) in [7, 11) is -4.85. The highest BCUT2D eigenvalue weighted by Gasteiger charge is 2.23. The molecule has 326 valence electrons. The Morgan fingerprint density at radius 1 is 0.571 bits per heavy atom. The fourth-order valence-electron chi connectivity index (χ4n) is 6.00. The van der Waals surface area contributed by atoms with E-state index in [9.17, 15) is 29.5 Å². The fourth-order valence-corrected chi connectivity index (χ4v) is 6.36. The van der Waals surface area contributed by atoms with E-state index >= 15 is 0 Å². The molecule has 12 heteroatoms. The molecule has 0 aliphatic carbocycles. The number of phosphoric ester groups is 1. The van der Waals surface area contributed by atoms with Gasteiger partial charge < -0.3 is 34.6 Å². The Labute approximate surface area is 339 Å². The van der Waals surface area contributed by atoms with Crippen molar-refractivity contribution in [2.75, 3.05) is 13.2 Å². The molecule has 0 aromatic rings. The van der Waals surface area contributed by atoms with Gasteiger partial charge in [-0.3, -0.25) is 14.1 Å². The van der Waals surface area contributed by atoms with Crippen molar-refractivity contribution < 1.29 is 53.3 Å². The highest BCUT2D eigenvalue weighted by Crippen LogP contribution is 2.36. The summed E-state index contributed by atoms with van der Waals surface area (Å²) in [5.74, 6) is -0.390. The van der Waals surface area contributed by atoms with E-state index in [4.69, 9.17) is 19.3 Å². The third-order valence-corrected chi connectivity index (χ3v) is 9.88. The van der Waals surface area contributed by atoms with Gasteiger partial charge in [0.2, 0.25) is 0 Å². The number of aliphatic hydroxyl groups excluding tert-OH is 3. The third kappa shape index (κ3) is 38.7. The molecule has 0 heterocycles. The van der Waals surface area contributed by atoms with Gasteiger partial charge in [-0.25, -0.2) is 4.57 Å². The molecule has 0 saturated heterocycles. The lowest BCUT2D eigenvalue weighted by molar-refractivity contribution is -0.161. The van der Waals surface area contributed by atoms with Gasteiger partial charge in [-0.2, -0.15) is 0 Å². The van der Waals surface area contributed by atoms with Crippen LogP contribution < -0.4 is 0 Å². The molecule has 0 aromatic heterocycles. The first-order valence-electron chi connectivity index (χ1n) is 21.6. The van der Waals surface area contributed by atoms with Crippen molar-refractivity contribution in [3.05, 3.63) is 48.6 Å². The summed E-state index contributed by atoms with van der Waals surface area (Å²) in [5.41, 5.74) is 0. The summed E-state index contributed by atoms with van der Waals surface area (Å²) < 4.78 is 26.2. The van der Waals surface area contributed by atoms with Gasteiger partial charge in [0.15, 0.2) is 6.10 Å². The predicted octanol–water partition coefficient (Wildman–Crippen LogP) is 9.90. The van der Waals surface area contributed by atoms with Crippen LogP contribution in [0.3, 0.4) is 0 Å². The van der Waals surface area contributed by atoms with Crippen LogP contribution in [-0.2, 0) is 28.2 Å². The first kappa shape index (κ1) is 53.9. The van der Waals surface area contributed by atoms with E-state index < -0.39 is 57.4 Å². The lowest BCUT2D eigenvalue weighted by Gasteiger charge is -2.19. The summed E-state index contributed by atoms with van der Waals surface area (Å²) in [5, 5.41) is 30.3. The van der Waals surface area contributed by atoms with Crippen molar-refractivity contribution in [3.8, 4) is 0 Å². The number of unbranched alkanes of at least 4 members (excludes halogenated alkanes) is 16. The Morgan fingerprint density at radius 2 is 1.05 bits per heavy atom. The Hall–Kier alpha value is -2.11. The zero-order valence-electron chi connectivity index (χ0n) is 35.0. The molecular weight excluding hydrogens is 735 g/mol. The molecule has 0 saturated carbocycles. The summed E-state index contributed by atoms with van der Waals surface area (Å²) in [4.78, 5) is 42.9. The van der Waals surface area contributed by atoms with Gasteiger partial charge in [-0.05, 0) is 31.6 Å². The van der Waals surface area contributed by atoms with E-state index in [1.807, 2.05) is 0 Å². The second-order valence-corrected chi connectivity index (χ2v) is 16.6. The third-order valence-electron chi connectivity index (χ3n) is 9.39. The minimum atomic E-state index is -4.85. The van der Waals surface area contributed by atoms with Crippen molar-refractivity contribution in [2.45, 2.75) is 199 Å². The van der Waals surface area contributed by atoms with Gasteiger partial charge in [0.1, 0.15) is 6.61 Å². The van der Waals surface area contributed by atoms with Gasteiger partial charge in [-0.1, -0.05) is 185 Å². The van der Waals surface area contributed by atoms with E-state index in [0.717, 1.165) is 50.9 Å². The highest BCUT2D eigenvalue weighted by atomic mass is 31.2. The number of hydrogen-bond donors (Lipinski definition) is 5. The zero-order valence-corrected chi connectivity index (χ0v) is 35.9.